The zero-order valence-electron chi connectivity index (χ0n) is 15.1. The third-order valence-corrected chi connectivity index (χ3v) is 5.59. The monoisotopic (exact) mass is 433 g/mol. The molecule has 0 atom stereocenters. The molecule has 0 amide bonds. The Kier molecular flexibility index (Phi) is 4.86. The molecule has 0 unspecified atom stereocenters. The van der Waals surface area contributed by atoms with Gasteiger partial charge in [0.05, 0.1) is 16.7 Å². The Labute approximate surface area is 169 Å². The van der Waals surface area contributed by atoms with E-state index in [0.717, 1.165) is 17.6 Å². The number of imidazole rings is 1. The highest BCUT2D eigenvalue weighted by molar-refractivity contribution is 7.92. The number of hydrogen-bond acceptors (Lipinski definition) is 4. The molecule has 4 rings (SSSR count). The molecule has 0 radical (unpaired) electrons. The number of halogens is 3. The van der Waals surface area contributed by atoms with E-state index in [9.17, 15) is 21.6 Å². The maximum atomic E-state index is 12.9. The topological polar surface area (TPSA) is 84.1 Å². The van der Waals surface area contributed by atoms with E-state index in [0.29, 0.717) is 16.9 Å². The lowest BCUT2D eigenvalue weighted by Crippen LogP contribution is -2.21. The first-order chi connectivity index (χ1) is 14.2. The van der Waals surface area contributed by atoms with E-state index in [4.69, 9.17) is 0 Å². The van der Waals surface area contributed by atoms with Gasteiger partial charge in [-0.25, -0.2) is 13.4 Å². The molecule has 0 aliphatic carbocycles. The van der Waals surface area contributed by atoms with Crippen molar-refractivity contribution in [3.8, 4) is 17.1 Å². The second kappa shape index (κ2) is 7.38. The molecule has 0 aliphatic rings. The number of nitrogens with one attached hydrogen (secondary N) is 2. The van der Waals surface area contributed by atoms with Crippen molar-refractivity contribution in [3.05, 3.63) is 72.8 Å². The number of ether oxygens (including phenoxy) is 1. The summed E-state index contributed by atoms with van der Waals surface area (Å²) in [5.41, 5.74) is 2.04. The van der Waals surface area contributed by atoms with E-state index in [1.165, 1.54) is 18.2 Å². The van der Waals surface area contributed by atoms with Crippen LogP contribution in [-0.4, -0.2) is 24.7 Å². The summed E-state index contributed by atoms with van der Waals surface area (Å²) >= 11 is 0. The van der Waals surface area contributed by atoms with Crippen molar-refractivity contribution < 1.29 is 26.3 Å². The van der Waals surface area contributed by atoms with Crippen LogP contribution in [0.25, 0.3) is 22.4 Å². The molecule has 1 aromatic heterocycles. The fourth-order valence-electron chi connectivity index (χ4n) is 2.94. The van der Waals surface area contributed by atoms with E-state index in [2.05, 4.69) is 19.4 Å². The van der Waals surface area contributed by atoms with Crippen molar-refractivity contribution in [2.75, 3.05) is 4.72 Å². The minimum atomic E-state index is -5.03. The molecule has 10 heteroatoms. The van der Waals surface area contributed by atoms with E-state index in [1.54, 1.807) is 24.3 Å². The Bertz CT molecular complexity index is 1280. The lowest BCUT2D eigenvalue weighted by molar-refractivity contribution is -0.275. The molecule has 30 heavy (non-hydrogen) atoms. The highest BCUT2D eigenvalue weighted by atomic mass is 32.2. The summed E-state index contributed by atoms with van der Waals surface area (Å²) in [5, 5.41) is 0. The number of fused-ring (bicyclic) bond motifs is 1. The number of aromatic amines is 1. The average Bonchev–Trinajstić information content (AvgIpc) is 3.11. The number of rotatable bonds is 5. The third kappa shape index (κ3) is 4.08. The van der Waals surface area contributed by atoms with Crippen LogP contribution in [0, 0.1) is 0 Å². The van der Waals surface area contributed by atoms with Crippen molar-refractivity contribution in [3.63, 3.8) is 0 Å². The Morgan fingerprint density at radius 3 is 2.33 bits per heavy atom. The van der Waals surface area contributed by atoms with E-state index < -0.39 is 27.0 Å². The average molecular weight is 433 g/mol. The molecule has 0 spiro atoms. The van der Waals surface area contributed by atoms with Gasteiger partial charge in [-0.2, -0.15) is 0 Å². The highest BCUT2D eigenvalue weighted by Crippen LogP contribution is 2.33. The number of sulfonamides is 1. The lowest BCUT2D eigenvalue weighted by Gasteiger charge is -2.15. The second-order valence-electron chi connectivity index (χ2n) is 6.25. The van der Waals surface area contributed by atoms with Gasteiger partial charge in [0.25, 0.3) is 10.0 Å². The molecule has 3 aromatic carbocycles. The van der Waals surface area contributed by atoms with Gasteiger partial charge >= 0.3 is 6.36 Å². The van der Waals surface area contributed by atoms with Crippen LogP contribution in [0.3, 0.4) is 0 Å². The third-order valence-electron chi connectivity index (χ3n) is 4.18. The molecule has 6 nitrogen and oxygen atoms in total. The summed E-state index contributed by atoms with van der Waals surface area (Å²) in [7, 11) is -4.39. The van der Waals surface area contributed by atoms with Gasteiger partial charge in [0.15, 0.2) is 0 Å². The molecule has 0 aliphatic heterocycles. The quantitative estimate of drug-likeness (QED) is 0.468. The molecule has 154 valence electrons. The van der Waals surface area contributed by atoms with Crippen molar-refractivity contribution in [2.45, 2.75) is 11.3 Å². The first-order valence-corrected chi connectivity index (χ1v) is 10.1. The number of anilines is 1. The van der Waals surface area contributed by atoms with Crippen LogP contribution in [0.4, 0.5) is 18.9 Å². The lowest BCUT2D eigenvalue weighted by atomic mass is 10.2. The first kappa shape index (κ1) is 19.8. The number of benzene rings is 3. The van der Waals surface area contributed by atoms with E-state index in [1.807, 2.05) is 18.2 Å². The van der Waals surface area contributed by atoms with Crippen LogP contribution in [0.15, 0.2) is 77.7 Å². The largest absolute Gasteiger partial charge is 0.573 e. The number of para-hydroxylation sites is 4. The second-order valence-corrected chi connectivity index (χ2v) is 7.90. The zero-order valence-corrected chi connectivity index (χ0v) is 16.0. The number of hydrogen-bond donors (Lipinski definition) is 2. The molecule has 1 heterocycles. The Balaban J connectivity index is 1.74. The summed E-state index contributed by atoms with van der Waals surface area (Å²) in [5.74, 6) is -0.409. The normalized spacial score (nSPS) is 12.1. The Morgan fingerprint density at radius 1 is 0.900 bits per heavy atom. The SMILES string of the molecule is O=S(=O)(Nc1ccccc1-c1nc2ccccc2[nH]1)c1ccccc1OC(F)(F)F. The van der Waals surface area contributed by atoms with Gasteiger partial charge in [0, 0.05) is 5.56 Å². The molecule has 2 N–H and O–H groups in total. The van der Waals surface area contributed by atoms with Gasteiger partial charge in [-0.15, -0.1) is 13.2 Å². The van der Waals surface area contributed by atoms with Gasteiger partial charge in [0.2, 0.25) is 0 Å². The maximum absolute atomic E-state index is 12.9. The summed E-state index contributed by atoms with van der Waals surface area (Å²) in [6.45, 7) is 0. The van der Waals surface area contributed by atoms with Crippen LogP contribution in [-0.2, 0) is 10.0 Å². The van der Waals surface area contributed by atoms with Crippen LogP contribution >= 0.6 is 0 Å². The molecule has 0 saturated carbocycles. The van der Waals surface area contributed by atoms with Gasteiger partial charge in [-0.1, -0.05) is 36.4 Å². The smallest absolute Gasteiger partial charge is 0.404 e. The number of aromatic nitrogens is 2. The molecular formula is C20H14F3N3O3S. The van der Waals surface area contributed by atoms with Gasteiger partial charge in [-0.3, -0.25) is 4.72 Å². The predicted octanol–water partition coefficient (Wildman–Crippen LogP) is 4.93. The summed E-state index contributed by atoms with van der Waals surface area (Å²) in [6.07, 6.45) is -5.03. The summed E-state index contributed by atoms with van der Waals surface area (Å²) in [6, 6.07) is 18.2. The Morgan fingerprint density at radius 2 is 1.57 bits per heavy atom. The van der Waals surface area contributed by atoms with E-state index in [-0.39, 0.29) is 5.69 Å². The van der Waals surface area contributed by atoms with Crippen molar-refractivity contribution in [1.82, 2.24) is 9.97 Å². The maximum Gasteiger partial charge on any atom is 0.573 e. The summed E-state index contributed by atoms with van der Waals surface area (Å²) in [4.78, 5) is 6.91. The fourth-order valence-corrected chi connectivity index (χ4v) is 4.15. The van der Waals surface area contributed by atoms with Crippen molar-refractivity contribution >= 4 is 26.7 Å². The zero-order chi connectivity index (χ0) is 21.4. The molecular weight excluding hydrogens is 419 g/mol. The highest BCUT2D eigenvalue weighted by Gasteiger charge is 2.34. The van der Waals surface area contributed by atoms with Crippen molar-refractivity contribution in [2.24, 2.45) is 0 Å². The van der Waals surface area contributed by atoms with Gasteiger partial charge in [-0.05, 0) is 36.4 Å². The standard InChI is InChI=1S/C20H14F3N3O3S/c21-20(22,23)29-17-11-5-6-12-18(17)30(27,28)26-14-8-2-1-7-13(14)19-24-15-9-3-4-10-16(15)25-19/h1-12,26H,(H,24,25). The van der Waals surface area contributed by atoms with E-state index >= 15 is 0 Å². The minimum Gasteiger partial charge on any atom is -0.404 e. The van der Waals surface area contributed by atoms with Gasteiger partial charge < -0.3 is 9.72 Å². The van der Waals surface area contributed by atoms with Crippen LogP contribution in [0.2, 0.25) is 0 Å². The molecule has 0 saturated heterocycles. The van der Waals surface area contributed by atoms with Crippen molar-refractivity contribution in [1.29, 1.82) is 0 Å². The molecule has 0 fully saturated rings. The molecule has 0 bridgehead atoms. The predicted molar refractivity (Wildman–Crippen MR) is 105 cm³/mol. The van der Waals surface area contributed by atoms with Crippen LogP contribution in [0.1, 0.15) is 0 Å². The number of alkyl halides is 3. The van der Waals surface area contributed by atoms with Crippen LogP contribution in [0.5, 0.6) is 5.75 Å². The minimum absolute atomic E-state index is 0.151. The summed E-state index contributed by atoms with van der Waals surface area (Å²) < 4.78 is 70.0. The Hall–Kier alpha value is -3.53. The van der Waals surface area contributed by atoms with Crippen LogP contribution < -0.4 is 9.46 Å². The van der Waals surface area contributed by atoms with Gasteiger partial charge in [0.1, 0.15) is 16.5 Å². The molecule has 4 aromatic rings. The fraction of sp³-hybridized carbons (Fsp3) is 0.0500. The first-order valence-electron chi connectivity index (χ1n) is 8.65. The number of nitrogens with zero attached hydrogens (tertiary/aromatic N) is 1. The number of H-pyrrole nitrogens is 1.